The first kappa shape index (κ1) is 19.2. The second kappa shape index (κ2) is 8.40. The normalized spacial score (nSPS) is 11.5. The molecule has 0 amide bonds. The fourth-order valence-corrected chi connectivity index (χ4v) is 3.36. The van der Waals surface area contributed by atoms with Crippen molar-refractivity contribution < 1.29 is 9.15 Å². The summed E-state index contributed by atoms with van der Waals surface area (Å²) in [5.41, 5.74) is 3.77. The average Bonchev–Trinajstić information content (AvgIpc) is 2.62. The minimum absolute atomic E-state index is 0.317. The van der Waals surface area contributed by atoms with Gasteiger partial charge < -0.3 is 9.15 Å². The number of fused-ring (bicyclic) bond motifs is 1. The van der Waals surface area contributed by atoms with Crippen molar-refractivity contribution >= 4 is 11.0 Å². The van der Waals surface area contributed by atoms with Crippen molar-refractivity contribution in [3.63, 3.8) is 0 Å². The largest absolute Gasteiger partial charge is 0.497 e. The number of ether oxygens (including phenoxy) is 1. The monoisotopic (exact) mass is 365 g/mol. The third-order valence-electron chi connectivity index (χ3n) is 4.58. The lowest BCUT2D eigenvalue weighted by Gasteiger charge is -2.25. The number of rotatable bonds is 7. The van der Waals surface area contributed by atoms with E-state index in [-0.39, 0.29) is 5.63 Å². The van der Waals surface area contributed by atoms with Crippen LogP contribution >= 0.6 is 0 Å². The first-order valence-corrected chi connectivity index (χ1v) is 9.33. The summed E-state index contributed by atoms with van der Waals surface area (Å²) < 4.78 is 10.7. The molecule has 4 heteroatoms. The van der Waals surface area contributed by atoms with Crippen LogP contribution in [0.4, 0.5) is 0 Å². The van der Waals surface area contributed by atoms with Crippen molar-refractivity contribution in [1.82, 2.24) is 4.90 Å². The molecule has 0 atom stereocenters. The lowest BCUT2D eigenvalue weighted by molar-refractivity contribution is 0.228. The van der Waals surface area contributed by atoms with E-state index in [2.05, 4.69) is 49.9 Å². The predicted octanol–water partition coefficient (Wildman–Crippen LogP) is 4.77. The Morgan fingerprint density at radius 3 is 2.44 bits per heavy atom. The van der Waals surface area contributed by atoms with Crippen LogP contribution < -0.4 is 10.4 Å². The molecule has 0 bridgehead atoms. The van der Waals surface area contributed by atoms with Crippen molar-refractivity contribution in [3.05, 3.63) is 75.6 Å². The molecule has 0 aliphatic heterocycles. The summed E-state index contributed by atoms with van der Waals surface area (Å²) in [4.78, 5) is 14.4. The molecule has 0 unspecified atom stereocenters. The molecule has 0 aliphatic rings. The zero-order valence-corrected chi connectivity index (χ0v) is 16.5. The van der Waals surface area contributed by atoms with E-state index < -0.39 is 0 Å². The molecule has 0 spiro atoms. The highest BCUT2D eigenvalue weighted by Crippen LogP contribution is 2.24. The first-order valence-electron chi connectivity index (χ1n) is 9.33. The maximum atomic E-state index is 12.0. The van der Waals surface area contributed by atoms with Gasteiger partial charge >= 0.3 is 5.63 Å². The van der Waals surface area contributed by atoms with Gasteiger partial charge in [-0.05, 0) is 42.2 Å². The topological polar surface area (TPSA) is 42.7 Å². The van der Waals surface area contributed by atoms with Crippen LogP contribution in [-0.4, -0.2) is 18.6 Å². The first-order chi connectivity index (χ1) is 12.9. The molecule has 0 radical (unpaired) electrons. The Morgan fingerprint density at radius 1 is 1.04 bits per heavy atom. The second-order valence-electron chi connectivity index (χ2n) is 7.50. The van der Waals surface area contributed by atoms with Crippen LogP contribution in [0.3, 0.4) is 0 Å². The molecule has 27 heavy (non-hydrogen) atoms. The van der Waals surface area contributed by atoms with E-state index in [1.807, 2.05) is 12.1 Å². The van der Waals surface area contributed by atoms with Gasteiger partial charge in [0.05, 0.1) is 7.11 Å². The molecule has 2 aromatic carbocycles. The van der Waals surface area contributed by atoms with Gasteiger partial charge in [-0.25, -0.2) is 4.79 Å². The molecular formula is C23H27NO3. The molecular weight excluding hydrogens is 338 g/mol. The number of hydrogen-bond donors (Lipinski definition) is 0. The number of nitrogens with zero attached hydrogens (tertiary/aromatic N) is 1. The smallest absolute Gasteiger partial charge is 0.336 e. The van der Waals surface area contributed by atoms with E-state index in [1.165, 1.54) is 11.1 Å². The molecule has 0 N–H and O–H groups in total. The Morgan fingerprint density at radius 2 is 1.78 bits per heavy atom. The molecule has 0 saturated carbocycles. The Kier molecular flexibility index (Phi) is 5.97. The van der Waals surface area contributed by atoms with Gasteiger partial charge in [-0.3, -0.25) is 4.90 Å². The fraction of sp³-hybridized carbons (Fsp3) is 0.348. The molecule has 1 heterocycles. The van der Waals surface area contributed by atoms with Gasteiger partial charge in [-0.2, -0.15) is 0 Å². The highest BCUT2D eigenvalue weighted by Gasteiger charge is 2.14. The SMILES string of the molecule is COc1ccc2oc(=O)cc(CN(Cc3ccc(C)cc3)CC(C)C)c2c1. The molecule has 4 nitrogen and oxygen atoms in total. The Hall–Kier alpha value is -2.59. The van der Waals surface area contributed by atoms with E-state index in [9.17, 15) is 4.79 Å². The Labute approximate surface area is 160 Å². The van der Waals surface area contributed by atoms with Crippen LogP contribution in [0.15, 0.2) is 57.7 Å². The van der Waals surface area contributed by atoms with Gasteiger partial charge in [0.1, 0.15) is 11.3 Å². The van der Waals surface area contributed by atoms with Crippen LogP contribution in [0.2, 0.25) is 0 Å². The summed E-state index contributed by atoms with van der Waals surface area (Å²) in [7, 11) is 1.64. The minimum atomic E-state index is -0.317. The maximum Gasteiger partial charge on any atom is 0.336 e. The number of aryl methyl sites for hydroxylation is 1. The van der Waals surface area contributed by atoms with E-state index in [0.29, 0.717) is 18.0 Å². The maximum absolute atomic E-state index is 12.0. The van der Waals surface area contributed by atoms with E-state index >= 15 is 0 Å². The number of hydrogen-bond acceptors (Lipinski definition) is 4. The summed E-state index contributed by atoms with van der Waals surface area (Å²) in [6.07, 6.45) is 0. The van der Waals surface area contributed by atoms with Crippen molar-refractivity contribution in [1.29, 1.82) is 0 Å². The third-order valence-corrected chi connectivity index (χ3v) is 4.58. The van der Waals surface area contributed by atoms with E-state index in [1.54, 1.807) is 19.2 Å². The molecule has 0 aliphatic carbocycles. The molecule has 3 rings (SSSR count). The summed E-state index contributed by atoms with van der Waals surface area (Å²) in [6, 6.07) is 15.8. The standard InChI is InChI=1S/C23H27NO3/c1-16(2)13-24(14-18-7-5-17(3)6-8-18)15-19-11-23(25)27-22-10-9-20(26-4)12-21(19)22/h5-12,16H,13-15H2,1-4H3. The quantitative estimate of drug-likeness (QED) is 0.566. The predicted molar refractivity (Wildman–Crippen MR) is 109 cm³/mol. The van der Waals surface area contributed by atoms with E-state index in [4.69, 9.17) is 9.15 Å². The summed E-state index contributed by atoms with van der Waals surface area (Å²) in [6.45, 7) is 8.98. The molecule has 0 fully saturated rings. The van der Waals surface area contributed by atoms with Gasteiger partial charge in [0.25, 0.3) is 0 Å². The lowest BCUT2D eigenvalue weighted by Crippen LogP contribution is -2.27. The number of benzene rings is 2. The second-order valence-corrected chi connectivity index (χ2v) is 7.50. The summed E-state index contributed by atoms with van der Waals surface area (Å²) >= 11 is 0. The lowest BCUT2D eigenvalue weighted by atomic mass is 10.1. The zero-order valence-electron chi connectivity index (χ0n) is 16.5. The van der Waals surface area contributed by atoms with E-state index in [0.717, 1.165) is 29.8 Å². The summed E-state index contributed by atoms with van der Waals surface area (Å²) in [5, 5.41) is 0.923. The highest BCUT2D eigenvalue weighted by molar-refractivity contribution is 5.81. The number of methoxy groups -OCH3 is 1. The van der Waals surface area contributed by atoms with Crippen molar-refractivity contribution in [2.45, 2.75) is 33.9 Å². The molecule has 1 aromatic heterocycles. The Balaban J connectivity index is 1.94. The van der Waals surface area contributed by atoms with Crippen LogP contribution in [0.25, 0.3) is 11.0 Å². The van der Waals surface area contributed by atoms with Crippen LogP contribution in [-0.2, 0) is 13.1 Å². The third kappa shape index (κ3) is 4.98. The van der Waals surface area contributed by atoms with Gasteiger partial charge in [-0.1, -0.05) is 43.7 Å². The molecule has 0 saturated heterocycles. The van der Waals surface area contributed by atoms with Crippen molar-refractivity contribution in [3.8, 4) is 5.75 Å². The van der Waals surface area contributed by atoms with Gasteiger partial charge in [0, 0.05) is 31.1 Å². The van der Waals surface area contributed by atoms with Crippen molar-refractivity contribution in [2.75, 3.05) is 13.7 Å². The Bertz CT molecular complexity index is 958. The van der Waals surface area contributed by atoms with Crippen LogP contribution in [0, 0.1) is 12.8 Å². The zero-order chi connectivity index (χ0) is 19.4. The highest BCUT2D eigenvalue weighted by atomic mass is 16.5. The fourth-order valence-electron chi connectivity index (χ4n) is 3.36. The van der Waals surface area contributed by atoms with Gasteiger partial charge in [0.15, 0.2) is 0 Å². The van der Waals surface area contributed by atoms with Crippen LogP contribution in [0.5, 0.6) is 5.75 Å². The molecule has 142 valence electrons. The molecule has 3 aromatic rings. The van der Waals surface area contributed by atoms with Crippen molar-refractivity contribution in [2.24, 2.45) is 5.92 Å². The summed E-state index contributed by atoms with van der Waals surface area (Å²) in [5.74, 6) is 1.28. The minimum Gasteiger partial charge on any atom is -0.497 e. The van der Waals surface area contributed by atoms with Gasteiger partial charge in [0.2, 0.25) is 0 Å². The average molecular weight is 365 g/mol. The van der Waals surface area contributed by atoms with Crippen LogP contribution in [0.1, 0.15) is 30.5 Å². The van der Waals surface area contributed by atoms with Gasteiger partial charge in [-0.15, -0.1) is 0 Å².